The fourth-order valence-corrected chi connectivity index (χ4v) is 7.28. The third kappa shape index (κ3) is 6.23. The lowest BCUT2D eigenvalue weighted by Gasteiger charge is -2.24. The lowest BCUT2D eigenvalue weighted by Crippen LogP contribution is -2.36. The maximum Gasteiger partial charge on any atom is 0.416 e. The van der Waals surface area contributed by atoms with E-state index in [-0.39, 0.29) is 23.1 Å². The smallest absolute Gasteiger partial charge is 0.378 e. The van der Waals surface area contributed by atoms with Gasteiger partial charge in [-0.3, -0.25) is 14.6 Å². The summed E-state index contributed by atoms with van der Waals surface area (Å²) in [5.74, 6) is 0.592. The van der Waals surface area contributed by atoms with E-state index in [2.05, 4.69) is 16.0 Å². The molecule has 244 valence electrons. The van der Waals surface area contributed by atoms with Crippen LogP contribution in [0.25, 0.3) is 11.1 Å². The van der Waals surface area contributed by atoms with Crippen molar-refractivity contribution in [2.75, 3.05) is 6.54 Å². The highest BCUT2D eigenvalue weighted by molar-refractivity contribution is 5.83. The second-order valence-electron chi connectivity index (χ2n) is 13.2. The van der Waals surface area contributed by atoms with Crippen molar-refractivity contribution in [1.29, 1.82) is 0 Å². The molecule has 7 nitrogen and oxygen atoms in total. The van der Waals surface area contributed by atoms with Crippen LogP contribution in [0.5, 0.6) is 0 Å². The standard InChI is InChI=1S/C37H37F3N4O3/c38-37(39,40)28-12-5-10-25(18-28)24-9-4-11-26(17-24)32(45)34(47)44-16-6-13-31-30(22-44)33(46)43-35(42-31)36(14-15-36)29-19-27(20-41-21-29)23-7-2-1-3-8-23/h4-5,9-12,17-21,23,32,45H,1-3,6-8,13-16,22H2,(H,42,43,46). The average Bonchev–Trinajstić information content (AvgIpc) is 3.93. The van der Waals surface area contributed by atoms with E-state index in [4.69, 9.17) is 4.98 Å². The van der Waals surface area contributed by atoms with Crippen LogP contribution in [-0.4, -0.2) is 37.4 Å². The number of hydrogen-bond acceptors (Lipinski definition) is 5. The number of nitrogens with zero attached hydrogens (tertiary/aromatic N) is 3. The van der Waals surface area contributed by atoms with Crippen LogP contribution in [0.2, 0.25) is 0 Å². The SMILES string of the molecule is O=C(C(O)c1cccc(-c2cccc(C(F)(F)F)c2)c1)N1CCCc2nc(C3(c4cncc(C5CCCCC5)c4)CC3)[nH]c(=O)c2C1. The largest absolute Gasteiger partial charge is 0.416 e. The fraction of sp³-hybridized carbons (Fsp3) is 0.405. The quantitative estimate of drug-likeness (QED) is 0.236. The third-order valence-electron chi connectivity index (χ3n) is 10.2. The van der Waals surface area contributed by atoms with Crippen LogP contribution >= 0.6 is 0 Å². The van der Waals surface area contributed by atoms with Gasteiger partial charge in [0.1, 0.15) is 5.82 Å². The molecule has 0 bridgehead atoms. The number of carbonyl (C=O) groups is 1. The summed E-state index contributed by atoms with van der Waals surface area (Å²) in [6.07, 6.45) is 6.79. The monoisotopic (exact) mass is 642 g/mol. The molecule has 1 aliphatic heterocycles. The number of amides is 1. The van der Waals surface area contributed by atoms with Crippen molar-refractivity contribution in [3.8, 4) is 11.1 Å². The summed E-state index contributed by atoms with van der Waals surface area (Å²) in [7, 11) is 0. The maximum atomic E-state index is 13.6. The van der Waals surface area contributed by atoms with E-state index in [0.29, 0.717) is 53.5 Å². The molecular formula is C37H37F3N4O3. The van der Waals surface area contributed by atoms with Crippen molar-refractivity contribution >= 4 is 5.91 Å². The zero-order valence-corrected chi connectivity index (χ0v) is 26.0. The number of nitrogens with one attached hydrogen (secondary N) is 1. The summed E-state index contributed by atoms with van der Waals surface area (Å²) in [5.41, 5.74) is 3.03. The number of benzene rings is 2. The van der Waals surface area contributed by atoms with Crippen molar-refractivity contribution in [3.05, 3.63) is 117 Å². The van der Waals surface area contributed by atoms with E-state index in [1.165, 1.54) is 54.7 Å². The van der Waals surface area contributed by atoms with Gasteiger partial charge in [0, 0.05) is 18.9 Å². The number of halogens is 3. The third-order valence-corrected chi connectivity index (χ3v) is 10.2. The predicted octanol–water partition coefficient (Wildman–Crippen LogP) is 6.99. The number of aromatic nitrogens is 3. The molecule has 0 saturated heterocycles. The van der Waals surface area contributed by atoms with E-state index in [0.717, 1.165) is 30.5 Å². The minimum absolute atomic E-state index is 0.00682. The molecule has 2 N–H and O–H groups in total. The van der Waals surface area contributed by atoms with Crippen LogP contribution in [0.3, 0.4) is 0 Å². The highest BCUT2D eigenvalue weighted by Gasteiger charge is 2.49. The first kappa shape index (κ1) is 31.3. The number of carbonyl (C=O) groups excluding carboxylic acids is 1. The Balaban J connectivity index is 1.11. The highest BCUT2D eigenvalue weighted by Crippen LogP contribution is 2.52. The van der Waals surface area contributed by atoms with Crippen LogP contribution in [0.1, 0.15) is 103 Å². The molecule has 10 heteroatoms. The summed E-state index contributed by atoms with van der Waals surface area (Å²) in [5, 5.41) is 11.1. The minimum Gasteiger partial charge on any atom is -0.378 e. The first-order chi connectivity index (χ1) is 22.6. The number of rotatable bonds is 6. The van der Waals surface area contributed by atoms with Crippen molar-refractivity contribution in [2.24, 2.45) is 0 Å². The Hall–Kier alpha value is -4.31. The molecule has 2 aliphatic carbocycles. The second kappa shape index (κ2) is 12.4. The summed E-state index contributed by atoms with van der Waals surface area (Å²) in [6.45, 7) is 0.333. The molecule has 3 heterocycles. The number of H-pyrrole nitrogens is 1. The molecule has 1 unspecified atom stereocenters. The molecule has 4 aromatic rings. The van der Waals surface area contributed by atoms with Crippen LogP contribution in [0.15, 0.2) is 71.8 Å². The van der Waals surface area contributed by atoms with E-state index >= 15 is 0 Å². The molecule has 1 amide bonds. The second-order valence-corrected chi connectivity index (χ2v) is 13.2. The van der Waals surface area contributed by atoms with Gasteiger partial charge in [0.15, 0.2) is 6.10 Å². The molecule has 0 spiro atoms. The summed E-state index contributed by atoms with van der Waals surface area (Å²) in [6, 6.07) is 13.5. The molecule has 2 aromatic heterocycles. The molecule has 1 atom stereocenters. The van der Waals surface area contributed by atoms with Gasteiger partial charge in [-0.15, -0.1) is 0 Å². The number of fused-ring (bicyclic) bond motifs is 1. The number of aromatic amines is 1. The molecule has 2 aromatic carbocycles. The van der Waals surface area contributed by atoms with Crippen LogP contribution in [0, 0.1) is 0 Å². The number of aliphatic hydroxyl groups excluding tert-OH is 1. The van der Waals surface area contributed by atoms with E-state index in [1.54, 1.807) is 24.3 Å². The van der Waals surface area contributed by atoms with Gasteiger partial charge in [0.05, 0.1) is 28.8 Å². The van der Waals surface area contributed by atoms with Gasteiger partial charge < -0.3 is 15.0 Å². The van der Waals surface area contributed by atoms with Gasteiger partial charge >= 0.3 is 6.18 Å². The molecule has 3 aliphatic rings. The van der Waals surface area contributed by atoms with Gasteiger partial charge in [-0.2, -0.15) is 13.2 Å². The Bertz CT molecular complexity index is 1860. The molecule has 2 fully saturated rings. The van der Waals surface area contributed by atoms with Gasteiger partial charge in [0.25, 0.3) is 11.5 Å². The lowest BCUT2D eigenvalue weighted by molar-refractivity contribution is -0.141. The Kier molecular flexibility index (Phi) is 8.24. The number of aliphatic hydroxyl groups is 1. The van der Waals surface area contributed by atoms with Crippen molar-refractivity contribution in [2.45, 2.75) is 87.9 Å². The summed E-state index contributed by atoms with van der Waals surface area (Å²) >= 11 is 0. The van der Waals surface area contributed by atoms with Gasteiger partial charge in [-0.25, -0.2) is 4.98 Å². The van der Waals surface area contributed by atoms with Gasteiger partial charge in [0.2, 0.25) is 0 Å². The lowest BCUT2D eigenvalue weighted by atomic mass is 9.83. The van der Waals surface area contributed by atoms with Crippen molar-refractivity contribution in [3.63, 3.8) is 0 Å². The maximum absolute atomic E-state index is 13.6. The van der Waals surface area contributed by atoms with Gasteiger partial charge in [-0.05, 0) is 90.5 Å². The Labute approximate surface area is 270 Å². The topological polar surface area (TPSA) is 99.2 Å². The number of pyridine rings is 1. The van der Waals surface area contributed by atoms with Crippen molar-refractivity contribution in [1.82, 2.24) is 19.9 Å². The van der Waals surface area contributed by atoms with Crippen LogP contribution < -0.4 is 5.56 Å². The first-order valence-corrected chi connectivity index (χ1v) is 16.4. The zero-order chi connectivity index (χ0) is 32.8. The fourth-order valence-electron chi connectivity index (χ4n) is 7.28. The van der Waals surface area contributed by atoms with E-state index in [1.807, 2.05) is 12.4 Å². The van der Waals surface area contributed by atoms with E-state index in [9.17, 15) is 27.9 Å². The zero-order valence-electron chi connectivity index (χ0n) is 26.0. The summed E-state index contributed by atoms with van der Waals surface area (Å²) < 4.78 is 39.9. The highest BCUT2D eigenvalue weighted by atomic mass is 19.4. The predicted molar refractivity (Wildman–Crippen MR) is 171 cm³/mol. The first-order valence-electron chi connectivity index (χ1n) is 16.4. The Morgan fingerprint density at radius 2 is 1.72 bits per heavy atom. The van der Waals surface area contributed by atoms with Crippen molar-refractivity contribution < 1.29 is 23.1 Å². The van der Waals surface area contributed by atoms with Crippen LogP contribution in [0.4, 0.5) is 13.2 Å². The minimum atomic E-state index is -4.49. The van der Waals surface area contributed by atoms with E-state index < -0.39 is 23.8 Å². The molecule has 7 rings (SSSR count). The Morgan fingerprint density at radius 1 is 0.979 bits per heavy atom. The molecule has 47 heavy (non-hydrogen) atoms. The molecule has 0 radical (unpaired) electrons. The number of hydrogen-bond donors (Lipinski definition) is 2. The Morgan fingerprint density at radius 3 is 2.47 bits per heavy atom. The number of alkyl halides is 3. The molecular weight excluding hydrogens is 605 g/mol. The molecule has 2 saturated carbocycles. The van der Waals surface area contributed by atoms with Gasteiger partial charge in [-0.1, -0.05) is 55.7 Å². The normalized spacial score (nSPS) is 18.7. The number of aryl methyl sites for hydroxylation is 1. The average molecular weight is 643 g/mol. The summed E-state index contributed by atoms with van der Waals surface area (Å²) in [4.78, 5) is 41.2. The van der Waals surface area contributed by atoms with Crippen LogP contribution in [-0.2, 0) is 29.4 Å².